The summed E-state index contributed by atoms with van der Waals surface area (Å²) >= 11 is 7.06. The van der Waals surface area contributed by atoms with E-state index in [-0.39, 0.29) is 11.3 Å². The minimum absolute atomic E-state index is 0.000778. The van der Waals surface area contributed by atoms with Crippen molar-refractivity contribution in [1.82, 2.24) is 31.1 Å². The molecule has 0 atom stereocenters. The number of benzene rings is 2. The monoisotopic (exact) mass is 432 g/mol. The van der Waals surface area contributed by atoms with Crippen LogP contribution < -0.4 is 15.6 Å². The van der Waals surface area contributed by atoms with Gasteiger partial charge in [0.05, 0.1) is 24.1 Å². The number of aryl methyl sites for hydroxylation is 1. The highest BCUT2D eigenvalue weighted by Gasteiger charge is 2.15. The normalized spacial score (nSPS) is 10.4. The number of nitrogens with zero attached hydrogens (tertiary/aromatic N) is 4. The Kier molecular flexibility index (Phi) is 6.68. The number of rotatable bonds is 6. The maximum atomic E-state index is 12.3. The third kappa shape index (κ3) is 5.04. The second kappa shape index (κ2) is 9.39. The number of tetrazole rings is 1. The number of methoxy groups -OCH3 is 1. The van der Waals surface area contributed by atoms with Crippen molar-refractivity contribution in [2.24, 2.45) is 0 Å². The van der Waals surface area contributed by atoms with Gasteiger partial charge < -0.3 is 4.74 Å². The van der Waals surface area contributed by atoms with Crippen LogP contribution in [0.1, 0.15) is 15.9 Å². The number of amides is 2. The number of para-hydroxylation sites is 1. The van der Waals surface area contributed by atoms with E-state index < -0.39 is 11.8 Å². The molecule has 0 radical (unpaired) electrons. The number of carbonyl (C=O) groups is 2. The van der Waals surface area contributed by atoms with Crippen LogP contribution in [0.4, 0.5) is 0 Å². The molecular weight excluding hydrogens is 416 g/mol. The third-order valence-corrected chi connectivity index (χ3v) is 4.99. The Morgan fingerprint density at radius 1 is 1.21 bits per heavy atom. The molecule has 0 fully saturated rings. The molecule has 1 heterocycles. The second-order valence-electron chi connectivity index (χ2n) is 5.80. The number of aromatic nitrogens is 4. The minimum Gasteiger partial charge on any atom is -0.496 e. The summed E-state index contributed by atoms with van der Waals surface area (Å²) in [4.78, 5) is 24.4. The van der Waals surface area contributed by atoms with Gasteiger partial charge in [0.25, 0.3) is 5.91 Å². The molecular formula is C18H17ClN6O3S. The minimum atomic E-state index is -0.549. The van der Waals surface area contributed by atoms with Crippen molar-refractivity contribution in [2.45, 2.75) is 12.1 Å². The molecule has 3 aromatic rings. The number of hydrazine groups is 1. The van der Waals surface area contributed by atoms with Gasteiger partial charge >= 0.3 is 0 Å². The van der Waals surface area contributed by atoms with Gasteiger partial charge in [-0.05, 0) is 47.2 Å². The number of hydrogen-bond acceptors (Lipinski definition) is 7. The predicted molar refractivity (Wildman–Crippen MR) is 108 cm³/mol. The first-order valence-corrected chi connectivity index (χ1v) is 9.76. The summed E-state index contributed by atoms with van der Waals surface area (Å²) in [7, 11) is 1.44. The molecule has 0 aliphatic carbocycles. The summed E-state index contributed by atoms with van der Waals surface area (Å²) in [5.74, 6) is -0.636. The smallest absolute Gasteiger partial charge is 0.273 e. The standard InChI is InChI=1S/C18H17ClN6O3S/c1-11-5-3-4-6-14(11)25-18(22-23-24-25)29-10-16(26)20-21-17(27)13-9-12(19)7-8-15(13)28-2/h3-9H,10H2,1-2H3,(H,20,26)(H,21,27). The van der Waals surface area contributed by atoms with Crippen LogP contribution in [0.25, 0.3) is 5.69 Å². The topological polar surface area (TPSA) is 111 Å². The van der Waals surface area contributed by atoms with E-state index in [0.29, 0.717) is 15.9 Å². The first kappa shape index (κ1) is 20.6. The van der Waals surface area contributed by atoms with E-state index in [1.807, 2.05) is 31.2 Å². The van der Waals surface area contributed by atoms with Gasteiger partial charge in [0.1, 0.15) is 5.75 Å². The number of nitrogens with one attached hydrogen (secondary N) is 2. The summed E-state index contributed by atoms with van der Waals surface area (Å²) in [6, 6.07) is 12.2. The van der Waals surface area contributed by atoms with Crippen LogP contribution in [0, 0.1) is 6.92 Å². The molecule has 29 heavy (non-hydrogen) atoms. The molecule has 2 amide bonds. The fourth-order valence-electron chi connectivity index (χ4n) is 2.44. The lowest BCUT2D eigenvalue weighted by Gasteiger charge is -2.11. The molecule has 1 aromatic heterocycles. The van der Waals surface area contributed by atoms with Crippen molar-refractivity contribution in [2.75, 3.05) is 12.9 Å². The molecule has 0 saturated heterocycles. The number of hydrogen-bond donors (Lipinski definition) is 2. The summed E-state index contributed by atoms with van der Waals surface area (Å²) in [5.41, 5.74) is 6.71. The zero-order valence-electron chi connectivity index (χ0n) is 15.5. The fraction of sp³-hybridized carbons (Fsp3) is 0.167. The van der Waals surface area contributed by atoms with Gasteiger partial charge in [-0.1, -0.05) is 41.6 Å². The quantitative estimate of drug-likeness (QED) is 0.453. The molecule has 3 rings (SSSR count). The highest BCUT2D eigenvalue weighted by atomic mass is 35.5. The fourth-order valence-corrected chi connectivity index (χ4v) is 3.29. The third-order valence-electron chi connectivity index (χ3n) is 3.84. The van der Waals surface area contributed by atoms with E-state index in [4.69, 9.17) is 16.3 Å². The Labute approximate surface area is 175 Å². The van der Waals surface area contributed by atoms with Crippen molar-refractivity contribution in [3.63, 3.8) is 0 Å². The van der Waals surface area contributed by atoms with E-state index in [9.17, 15) is 9.59 Å². The Morgan fingerprint density at radius 2 is 2.00 bits per heavy atom. The molecule has 150 valence electrons. The van der Waals surface area contributed by atoms with Crippen molar-refractivity contribution in [3.8, 4) is 11.4 Å². The maximum absolute atomic E-state index is 12.3. The van der Waals surface area contributed by atoms with E-state index in [1.54, 1.807) is 16.8 Å². The molecule has 0 aliphatic heterocycles. The number of halogens is 1. The van der Waals surface area contributed by atoms with Gasteiger partial charge in [-0.25, -0.2) is 0 Å². The zero-order chi connectivity index (χ0) is 20.8. The Hall–Kier alpha value is -3.11. The van der Waals surface area contributed by atoms with Crippen molar-refractivity contribution < 1.29 is 14.3 Å². The SMILES string of the molecule is COc1ccc(Cl)cc1C(=O)NNC(=O)CSc1nnnn1-c1ccccc1C. The highest BCUT2D eigenvalue weighted by molar-refractivity contribution is 7.99. The highest BCUT2D eigenvalue weighted by Crippen LogP contribution is 2.22. The van der Waals surface area contributed by atoms with Crippen molar-refractivity contribution in [3.05, 3.63) is 58.6 Å². The maximum Gasteiger partial charge on any atom is 0.273 e. The lowest BCUT2D eigenvalue weighted by atomic mass is 10.2. The summed E-state index contributed by atoms with van der Waals surface area (Å²) in [6.45, 7) is 1.94. The second-order valence-corrected chi connectivity index (χ2v) is 7.17. The molecule has 9 nitrogen and oxygen atoms in total. The van der Waals surface area contributed by atoms with Gasteiger partial charge in [-0.3, -0.25) is 20.4 Å². The van der Waals surface area contributed by atoms with Gasteiger partial charge in [0, 0.05) is 5.02 Å². The van der Waals surface area contributed by atoms with E-state index >= 15 is 0 Å². The van der Waals surface area contributed by atoms with Crippen LogP contribution in [0.3, 0.4) is 0 Å². The van der Waals surface area contributed by atoms with E-state index in [2.05, 4.69) is 26.4 Å². The zero-order valence-corrected chi connectivity index (χ0v) is 17.1. The van der Waals surface area contributed by atoms with Crippen molar-refractivity contribution in [1.29, 1.82) is 0 Å². The van der Waals surface area contributed by atoms with Gasteiger partial charge in [-0.2, -0.15) is 4.68 Å². The lowest BCUT2D eigenvalue weighted by Crippen LogP contribution is -2.42. The summed E-state index contributed by atoms with van der Waals surface area (Å²) in [5, 5.41) is 12.4. The van der Waals surface area contributed by atoms with E-state index in [0.717, 1.165) is 23.0 Å². The van der Waals surface area contributed by atoms with Crippen LogP contribution in [0.15, 0.2) is 47.6 Å². The van der Waals surface area contributed by atoms with Gasteiger partial charge in [0.15, 0.2) is 0 Å². The predicted octanol–water partition coefficient (Wildman–Crippen LogP) is 2.19. The molecule has 0 saturated carbocycles. The molecule has 0 aliphatic rings. The molecule has 0 spiro atoms. The van der Waals surface area contributed by atoms with Gasteiger partial charge in [0.2, 0.25) is 11.1 Å². The van der Waals surface area contributed by atoms with Crippen LogP contribution in [0.5, 0.6) is 5.75 Å². The Balaban J connectivity index is 1.58. The number of ether oxygens (including phenoxy) is 1. The first-order valence-electron chi connectivity index (χ1n) is 8.39. The molecule has 2 aromatic carbocycles. The summed E-state index contributed by atoms with van der Waals surface area (Å²) in [6.07, 6.45) is 0. The lowest BCUT2D eigenvalue weighted by molar-refractivity contribution is -0.119. The Bertz CT molecular complexity index is 1040. The van der Waals surface area contributed by atoms with Crippen molar-refractivity contribution >= 4 is 35.2 Å². The number of thioether (sulfide) groups is 1. The van der Waals surface area contributed by atoms with Crippen LogP contribution in [-0.2, 0) is 4.79 Å². The first-order chi connectivity index (χ1) is 14.0. The van der Waals surface area contributed by atoms with E-state index in [1.165, 1.54) is 13.2 Å². The van der Waals surface area contributed by atoms with Gasteiger partial charge in [-0.15, -0.1) is 5.10 Å². The number of carbonyl (C=O) groups excluding carboxylic acids is 2. The average Bonchev–Trinajstić information content (AvgIpc) is 3.19. The summed E-state index contributed by atoms with van der Waals surface area (Å²) < 4.78 is 6.69. The molecule has 11 heteroatoms. The largest absolute Gasteiger partial charge is 0.496 e. The molecule has 2 N–H and O–H groups in total. The van der Waals surface area contributed by atoms with Crippen LogP contribution in [0.2, 0.25) is 5.02 Å². The molecule has 0 bridgehead atoms. The van der Waals surface area contributed by atoms with Crippen LogP contribution >= 0.6 is 23.4 Å². The average molecular weight is 433 g/mol. The molecule has 0 unspecified atom stereocenters. The van der Waals surface area contributed by atoms with Crippen LogP contribution in [-0.4, -0.2) is 44.9 Å². The Morgan fingerprint density at radius 3 is 2.76 bits per heavy atom.